The van der Waals surface area contributed by atoms with Crippen molar-refractivity contribution in [1.82, 2.24) is 0 Å². The molecule has 1 nitrogen and oxygen atoms in total. The molecule has 0 fully saturated rings. The molecule has 32 valence electrons. The predicted molar refractivity (Wildman–Crippen MR) is 16.4 cm³/mol. The van der Waals surface area contributed by atoms with E-state index in [-0.39, 0.29) is 17.1 Å². The summed E-state index contributed by atoms with van der Waals surface area (Å²) in [6, 6.07) is 0. The second-order valence-electron chi connectivity index (χ2n) is 0.575. The van der Waals surface area contributed by atoms with Gasteiger partial charge in [0, 0.05) is 23.5 Å². The van der Waals surface area contributed by atoms with Crippen LogP contribution in [0.1, 0.15) is 13.3 Å². The monoisotopic (exact) mass is 114 g/mol. The molecule has 0 saturated carbocycles. The summed E-state index contributed by atoms with van der Waals surface area (Å²) in [7, 11) is 0. The fraction of sp³-hybridized carbons (Fsp3) is 0.667. The van der Waals surface area contributed by atoms with Gasteiger partial charge >= 0.3 is 0 Å². The number of hydrogen-bond donors (Lipinski definition) is 0. The SMILES string of the molecule is CCC=O.[Fe]. The Morgan fingerprint density at radius 2 is 2.00 bits per heavy atom. The van der Waals surface area contributed by atoms with Crippen LogP contribution in [0.4, 0.5) is 0 Å². The topological polar surface area (TPSA) is 17.1 Å². The smallest absolute Gasteiger partial charge is 0.119 e. The summed E-state index contributed by atoms with van der Waals surface area (Å²) in [4.78, 5) is 9.17. The third-order valence-electron chi connectivity index (χ3n) is 0.167. The fourth-order valence-electron chi connectivity index (χ4n) is 0. The first-order valence-electron chi connectivity index (χ1n) is 1.35. The van der Waals surface area contributed by atoms with Crippen molar-refractivity contribution < 1.29 is 21.9 Å². The molecule has 2 heteroatoms. The number of carbonyl (C=O) groups excluding carboxylic acids is 1. The van der Waals surface area contributed by atoms with E-state index in [1.807, 2.05) is 6.92 Å². The molecule has 0 rings (SSSR count). The largest absolute Gasteiger partial charge is 0.303 e. The molecule has 0 aliphatic heterocycles. The number of aldehydes is 1. The molecule has 0 heterocycles. The average Bonchev–Trinajstić information content (AvgIpc) is 1.37. The van der Waals surface area contributed by atoms with E-state index < -0.39 is 0 Å². The van der Waals surface area contributed by atoms with Crippen LogP contribution in [0.3, 0.4) is 0 Å². The van der Waals surface area contributed by atoms with Crippen molar-refractivity contribution in [3.8, 4) is 0 Å². The first kappa shape index (κ1) is 8.95. The molecule has 0 aliphatic rings. The average molecular weight is 114 g/mol. The maximum absolute atomic E-state index is 9.17. The van der Waals surface area contributed by atoms with Crippen molar-refractivity contribution in [2.45, 2.75) is 13.3 Å². The first-order valence-corrected chi connectivity index (χ1v) is 1.35. The van der Waals surface area contributed by atoms with Crippen LogP contribution in [-0.2, 0) is 21.9 Å². The Morgan fingerprint density at radius 1 is 1.80 bits per heavy atom. The summed E-state index contributed by atoms with van der Waals surface area (Å²) in [6.45, 7) is 1.81. The third-order valence-corrected chi connectivity index (χ3v) is 0.167. The van der Waals surface area contributed by atoms with Gasteiger partial charge in [0.25, 0.3) is 0 Å². The molecule has 0 atom stereocenters. The Morgan fingerprint density at radius 3 is 2.00 bits per heavy atom. The quantitative estimate of drug-likeness (QED) is 0.360. The maximum Gasteiger partial charge on any atom is 0.119 e. The molecule has 0 aromatic rings. The number of rotatable bonds is 1. The van der Waals surface area contributed by atoms with Gasteiger partial charge in [-0.3, -0.25) is 0 Å². The van der Waals surface area contributed by atoms with Gasteiger partial charge in [-0.1, -0.05) is 6.92 Å². The molecule has 0 radical (unpaired) electrons. The molecular weight excluding hydrogens is 108 g/mol. The standard InChI is InChI=1S/C3H6O.Fe/c1-2-3-4;/h3H,2H2,1H3;. The minimum Gasteiger partial charge on any atom is -0.303 e. The van der Waals surface area contributed by atoms with E-state index in [1.165, 1.54) is 0 Å². The van der Waals surface area contributed by atoms with Crippen LogP contribution >= 0.6 is 0 Å². The van der Waals surface area contributed by atoms with Crippen molar-refractivity contribution in [2.75, 3.05) is 0 Å². The zero-order valence-electron chi connectivity index (χ0n) is 3.05. The summed E-state index contributed by atoms with van der Waals surface area (Å²) >= 11 is 0. The van der Waals surface area contributed by atoms with E-state index in [9.17, 15) is 4.79 Å². The van der Waals surface area contributed by atoms with E-state index in [1.54, 1.807) is 0 Å². The van der Waals surface area contributed by atoms with Crippen LogP contribution in [0.2, 0.25) is 0 Å². The minimum absolute atomic E-state index is 0. The molecular formula is C3H6FeO. The third kappa shape index (κ3) is 14.2. The van der Waals surface area contributed by atoms with Crippen molar-refractivity contribution >= 4 is 6.29 Å². The van der Waals surface area contributed by atoms with Crippen LogP contribution in [0.15, 0.2) is 0 Å². The van der Waals surface area contributed by atoms with Gasteiger partial charge in [0.15, 0.2) is 0 Å². The zero-order chi connectivity index (χ0) is 3.41. The molecule has 0 aliphatic carbocycles. The summed E-state index contributed by atoms with van der Waals surface area (Å²) in [5.74, 6) is 0. The van der Waals surface area contributed by atoms with E-state index in [2.05, 4.69) is 0 Å². The number of carbonyl (C=O) groups is 1. The summed E-state index contributed by atoms with van der Waals surface area (Å²) < 4.78 is 0. The second kappa shape index (κ2) is 8.89. The Balaban J connectivity index is 0. The fourth-order valence-corrected chi connectivity index (χ4v) is 0. The van der Waals surface area contributed by atoms with Gasteiger partial charge in [-0.2, -0.15) is 0 Å². The Bertz CT molecular complexity index is 20.9. The van der Waals surface area contributed by atoms with Crippen molar-refractivity contribution in [1.29, 1.82) is 0 Å². The van der Waals surface area contributed by atoms with Crippen LogP contribution in [0, 0.1) is 0 Å². The van der Waals surface area contributed by atoms with Gasteiger partial charge in [0.05, 0.1) is 0 Å². The minimum atomic E-state index is 0. The normalized spacial score (nSPS) is 5.00. The van der Waals surface area contributed by atoms with Crippen molar-refractivity contribution in [3.63, 3.8) is 0 Å². The molecule has 0 amide bonds. The Labute approximate surface area is 42.2 Å². The van der Waals surface area contributed by atoms with E-state index in [0.717, 1.165) is 6.29 Å². The van der Waals surface area contributed by atoms with Gasteiger partial charge in [0.2, 0.25) is 0 Å². The summed E-state index contributed by atoms with van der Waals surface area (Å²) in [5, 5.41) is 0. The zero-order valence-corrected chi connectivity index (χ0v) is 4.15. The van der Waals surface area contributed by atoms with Gasteiger partial charge in [0.1, 0.15) is 6.29 Å². The van der Waals surface area contributed by atoms with E-state index in [4.69, 9.17) is 0 Å². The predicted octanol–water partition coefficient (Wildman–Crippen LogP) is 0.593. The molecule has 5 heavy (non-hydrogen) atoms. The second-order valence-corrected chi connectivity index (χ2v) is 0.575. The first-order chi connectivity index (χ1) is 1.91. The Hall–Kier alpha value is 0.189. The molecule has 0 saturated heterocycles. The van der Waals surface area contributed by atoms with Gasteiger partial charge < -0.3 is 4.79 Å². The summed E-state index contributed by atoms with van der Waals surface area (Å²) in [5.41, 5.74) is 0. The molecule has 0 N–H and O–H groups in total. The van der Waals surface area contributed by atoms with Gasteiger partial charge in [-0.05, 0) is 0 Å². The van der Waals surface area contributed by atoms with Crippen LogP contribution < -0.4 is 0 Å². The molecule has 0 bridgehead atoms. The Kier molecular flexibility index (Phi) is 15.9. The maximum atomic E-state index is 9.17. The molecule has 0 aromatic carbocycles. The molecule has 0 aromatic heterocycles. The molecule has 0 unspecified atom stereocenters. The van der Waals surface area contributed by atoms with Crippen LogP contribution in [0.5, 0.6) is 0 Å². The van der Waals surface area contributed by atoms with Crippen LogP contribution in [-0.4, -0.2) is 6.29 Å². The van der Waals surface area contributed by atoms with Crippen molar-refractivity contribution in [3.05, 3.63) is 0 Å². The van der Waals surface area contributed by atoms with Gasteiger partial charge in [-0.15, -0.1) is 0 Å². The molecule has 0 spiro atoms. The van der Waals surface area contributed by atoms with E-state index >= 15 is 0 Å². The number of hydrogen-bond acceptors (Lipinski definition) is 1. The van der Waals surface area contributed by atoms with Gasteiger partial charge in [-0.25, -0.2) is 0 Å². The van der Waals surface area contributed by atoms with Crippen molar-refractivity contribution in [2.24, 2.45) is 0 Å². The van der Waals surface area contributed by atoms with Crippen LogP contribution in [0.25, 0.3) is 0 Å². The van der Waals surface area contributed by atoms with E-state index in [0.29, 0.717) is 6.42 Å². The summed E-state index contributed by atoms with van der Waals surface area (Å²) in [6.07, 6.45) is 1.51.